The molecule has 13 heavy (non-hydrogen) atoms. The lowest BCUT2D eigenvalue weighted by Gasteiger charge is -2.22. The van der Waals surface area contributed by atoms with E-state index in [2.05, 4.69) is 12.1 Å². The first-order valence-corrected chi connectivity index (χ1v) is 4.32. The summed E-state index contributed by atoms with van der Waals surface area (Å²) in [5.41, 5.74) is 2.60. The molecule has 72 valence electrons. The van der Waals surface area contributed by atoms with Gasteiger partial charge in [-0.1, -0.05) is 11.1 Å². The van der Waals surface area contributed by atoms with Gasteiger partial charge in [-0.2, -0.15) is 0 Å². The fraction of sp³-hybridized carbons (Fsp3) is 0.667. The third kappa shape index (κ3) is 2.65. The number of nitroso groups, excluding NO2 is 1. The number of ether oxygens (including phenoxy) is 1. The van der Waals surface area contributed by atoms with Gasteiger partial charge in [0.2, 0.25) is 0 Å². The van der Waals surface area contributed by atoms with Gasteiger partial charge in [0.15, 0.2) is 0 Å². The predicted molar refractivity (Wildman–Crippen MR) is 48.3 cm³/mol. The van der Waals surface area contributed by atoms with Crippen molar-refractivity contribution in [1.29, 1.82) is 0 Å². The lowest BCUT2D eigenvalue weighted by molar-refractivity contribution is 0.0981. The molecule has 0 heterocycles. The van der Waals surface area contributed by atoms with Gasteiger partial charge in [-0.15, -0.1) is 4.91 Å². The van der Waals surface area contributed by atoms with Crippen molar-refractivity contribution >= 4 is 6.09 Å². The van der Waals surface area contributed by atoms with Crippen molar-refractivity contribution in [3.63, 3.8) is 0 Å². The van der Waals surface area contributed by atoms with E-state index in [1.165, 1.54) is 11.1 Å². The quantitative estimate of drug-likeness (QED) is 0.464. The molecular weight excluding hydrogens is 170 g/mol. The molecule has 1 atom stereocenters. The first kappa shape index (κ1) is 9.89. The Hall–Kier alpha value is -1.19. The minimum atomic E-state index is -1.00. The first-order chi connectivity index (χ1) is 6.13. The second-order valence-electron chi connectivity index (χ2n) is 3.40. The average molecular weight is 183 g/mol. The zero-order valence-electron chi connectivity index (χ0n) is 7.87. The molecule has 0 aromatic rings. The van der Waals surface area contributed by atoms with Gasteiger partial charge in [-0.05, 0) is 26.7 Å². The Labute approximate surface area is 76.9 Å². The molecule has 0 saturated heterocycles. The number of hydrogen-bond donors (Lipinski definition) is 0. The monoisotopic (exact) mass is 183 g/mol. The topological polar surface area (TPSA) is 55.7 Å². The van der Waals surface area contributed by atoms with Crippen molar-refractivity contribution in [3.05, 3.63) is 16.1 Å². The summed E-state index contributed by atoms with van der Waals surface area (Å²) in [4.78, 5) is 20.3. The summed E-state index contributed by atoms with van der Waals surface area (Å²) >= 11 is 0. The number of nitrogens with zero attached hydrogens (tertiary/aromatic N) is 1. The van der Waals surface area contributed by atoms with Crippen molar-refractivity contribution in [3.8, 4) is 0 Å². The molecule has 0 aromatic carbocycles. The van der Waals surface area contributed by atoms with Crippen molar-refractivity contribution in [2.45, 2.75) is 39.2 Å². The maximum absolute atomic E-state index is 10.6. The number of allylic oxidation sites excluding steroid dienone is 1. The van der Waals surface area contributed by atoms with Crippen molar-refractivity contribution in [2.24, 2.45) is 5.18 Å². The Morgan fingerprint density at radius 2 is 2.15 bits per heavy atom. The van der Waals surface area contributed by atoms with Crippen LogP contribution in [-0.4, -0.2) is 12.2 Å². The molecule has 1 aliphatic carbocycles. The molecule has 0 aromatic heterocycles. The van der Waals surface area contributed by atoms with Crippen LogP contribution < -0.4 is 0 Å². The van der Waals surface area contributed by atoms with Crippen LogP contribution in [0.2, 0.25) is 0 Å². The molecule has 0 N–H and O–H groups in total. The number of carbonyl (C=O) groups excluding carboxylic acids is 1. The molecule has 1 rings (SSSR count). The van der Waals surface area contributed by atoms with Crippen LogP contribution in [0.4, 0.5) is 4.79 Å². The second kappa shape index (κ2) is 4.16. The Morgan fingerprint density at radius 1 is 1.46 bits per heavy atom. The summed E-state index contributed by atoms with van der Waals surface area (Å²) < 4.78 is 4.81. The Morgan fingerprint density at radius 3 is 2.69 bits per heavy atom. The highest BCUT2D eigenvalue weighted by Gasteiger charge is 2.20. The van der Waals surface area contributed by atoms with E-state index in [4.69, 9.17) is 4.74 Å². The molecule has 1 amide bonds. The van der Waals surface area contributed by atoms with Gasteiger partial charge < -0.3 is 4.74 Å². The highest BCUT2D eigenvalue weighted by Crippen LogP contribution is 2.26. The molecule has 0 aliphatic heterocycles. The predicted octanol–water partition coefficient (Wildman–Crippen LogP) is 2.78. The molecule has 0 bridgehead atoms. The third-order valence-corrected chi connectivity index (χ3v) is 2.45. The van der Waals surface area contributed by atoms with Crippen molar-refractivity contribution in [1.82, 2.24) is 0 Å². The minimum Gasteiger partial charge on any atom is -0.442 e. The molecule has 0 saturated carbocycles. The van der Waals surface area contributed by atoms with Crippen LogP contribution in [0.1, 0.15) is 33.1 Å². The van der Waals surface area contributed by atoms with Crippen LogP contribution in [0.3, 0.4) is 0 Å². The molecular formula is C9H13NO3. The Kier molecular flexibility index (Phi) is 3.17. The highest BCUT2D eigenvalue weighted by atomic mass is 16.6. The van der Waals surface area contributed by atoms with E-state index in [-0.39, 0.29) is 6.10 Å². The summed E-state index contributed by atoms with van der Waals surface area (Å²) in [5.74, 6) is 0. The Balaban J connectivity index is 2.49. The van der Waals surface area contributed by atoms with Crippen LogP contribution in [0.15, 0.2) is 16.3 Å². The van der Waals surface area contributed by atoms with Crippen molar-refractivity contribution < 1.29 is 9.53 Å². The van der Waals surface area contributed by atoms with Crippen LogP contribution in [0.5, 0.6) is 0 Å². The molecule has 0 spiro atoms. The molecule has 0 fully saturated rings. The van der Waals surface area contributed by atoms with Crippen molar-refractivity contribution in [2.75, 3.05) is 0 Å². The highest BCUT2D eigenvalue weighted by molar-refractivity contribution is 5.68. The maximum Gasteiger partial charge on any atom is 0.470 e. The van der Waals surface area contributed by atoms with Crippen LogP contribution >= 0.6 is 0 Å². The van der Waals surface area contributed by atoms with E-state index < -0.39 is 6.09 Å². The first-order valence-electron chi connectivity index (χ1n) is 4.32. The number of amides is 1. The van der Waals surface area contributed by atoms with E-state index in [9.17, 15) is 9.70 Å². The van der Waals surface area contributed by atoms with Crippen LogP contribution in [-0.2, 0) is 4.74 Å². The van der Waals surface area contributed by atoms with Gasteiger partial charge in [0.25, 0.3) is 0 Å². The maximum atomic E-state index is 10.6. The van der Waals surface area contributed by atoms with E-state index >= 15 is 0 Å². The number of carbonyl (C=O) groups is 1. The second-order valence-corrected chi connectivity index (χ2v) is 3.40. The summed E-state index contributed by atoms with van der Waals surface area (Å²) in [6, 6.07) is 0. The molecule has 1 unspecified atom stereocenters. The number of hydrogen-bond acceptors (Lipinski definition) is 3. The normalized spacial score (nSPS) is 22.8. The standard InChI is InChI=1S/C9H13NO3/c1-6-3-4-8(5-7(6)2)13-9(11)10-12/h8H,3-5H2,1-2H3. The van der Waals surface area contributed by atoms with Gasteiger partial charge in [-0.3, -0.25) is 0 Å². The van der Waals surface area contributed by atoms with E-state index in [0.29, 0.717) is 0 Å². The summed E-state index contributed by atoms with van der Waals surface area (Å²) in [6.45, 7) is 4.09. The fourth-order valence-corrected chi connectivity index (χ4v) is 1.47. The van der Waals surface area contributed by atoms with Gasteiger partial charge in [0.1, 0.15) is 6.10 Å². The summed E-state index contributed by atoms with van der Waals surface area (Å²) in [6.07, 6.45) is 1.30. The third-order valence-electron chi connectivity index (χ3n) is 2.45. The Bertz CT molecular complexity index is 258. The van der Waals surface area contributed by atoms with Gasteiger partial charge in [0.05, 0.1) is 5.18 Å². The zero-order valence-corrected chi connectivity index (χ0v) is 7.87. The SMILES string of the molecule is CC1=C(C)CC(OC(=O)N=O)CC1. The summed E-state index contributed by atoms with van der Waals surface area (Å²) in [5, 5.41) is 2.20. The largest absolute Gasteiger partial charge is 0.470 e. The van der Waals surface area contributed by atoms with E-state index in [0.717, 1.165) is 19.3 Å². The van der Waals surface area contributed by atoms with E-state index in [1.807, 2.05) is 6.92 Å². The average Bonchev–Trinajstić information content (AvgIpc) is 2.11. The van der Waals surface area contributed by atoms with Crippen LogP contribution in [0.25, 0.3) is 0 Å². The smallest absolute Gasteiger partial charge is 0.442 e. The molecule has 4 heteroatoms. The van der Waals surface area contributed by atoms with Gasteiger partial charge in [-0.25, -0.2) is 4.79 Å². The van der Waals surface area contributed by atoms with E-state index in [1.54, 1.807) is 0 Å². The van der Waals surface area contributed by atoms with Crippen LogP contribution in [0, 0.1) is 4.91 Å². The zero-order chi connectivity index (χ0) is 9.84. The fourth-order valence-electron chi connectivity index (χ4n) is 1.47. The van der Waals surface area contributed by atoms with Gasteiger partial charge in [0, 0.05) is 6.42 Å². The lowest BCUT2D eigenvalue weighted by Crippen LogP contribution is -2.19. The number of rotatable bonds is 1. The summed E-state index contributed by atoms with van der Waals surface area (Å²) in [7, 11) is 0. The minimum absolute atomic E-state index is 0.158. The lowest BCUT2D eigenvalue weighted by atomic mass is 9.92. The molecule has 0 radical (unpaired) electrons. The van der Waals surface area contributed by atoms with Gasteiger partial charge >= 0.3 is 6.09 Å². The molecule has 1 aliphatic rings. The molecule has 4 nitrogen and oxygen atoms in total.